The Kier molecular flexibility index (Phi) is 13.7. The summed E-state index contributed by atoms with van der Waals surface area (Å²) in [4.78, 5) is 7.86. The third-order valence-electron chi connectivity index (χ3n) is 8.90. The molecule has 0 atom stereocenters. The number of rotatable bonds is 18. The molecule has 4 rings (SSSR count). The Hall–Kier alpha value is -2.82. The molecule has 0 saturated carbocycles. The summed E-state index contributed by atoms with van der Waals surface area (Å²) < 4.78 is 6.05. The molecule has 4 nitrogen and oxygen atoms in total. The van der Waals surface area contributed by atoms with E-state index in [9.17, 15) is 0 Å². The molecule has 3 aromatic carbocycles. The number of ether oxygens (including phenoxy) is 1. The lowest BCUT2D eigenvalue weighted by Gasteiger charge is -2.39. The predicted molar refractivity (Wildman–Crippen MR) is 179 cm³/mol. The van der Waals surface area contributed by atoms with Crippen LogP contribution >= 0.6 is 0 Å². The molecule has 0 aromatic heterocycles. The van der Waals surface area contributed by atoms with Crippen molar-refractivity contribution in [3.8, 4) is 5.75 Å². The first kappa shape index (κ1) is 32.1. The molecule has 0 amide bonds. The van der Waals surface area contributed by atoms with E-state index in [4.69, 9.17) is 4.74 Å². The second-order valence-electron chi connectivity index (χ2n) is 12.0. The van der Waals surface area contributed by atoms with E-state index in [0.29, 0.717) is 12.6 Å². The Labute approximate surface area is 256 Å². The molecule has 0 unspecified atom stereocenters. The summed E-state index contributed by atoms with van der Waals surface area (Å²) in [5, 5.41) is 0. The number of likely N-dealkylation sites (tertiary alicyclic amines) is 1. The molecule has 0 aliphatic carbocycles. The van der Waals surface area contributed by atoms with Crippen LogP contribution in [0.25, 0.3) is 0 Å². The Morgan fingerprint density at radius 1 is 0.690 bits per heavy atom. The molecule has 0 bridgehead atoms. The zero-order chi connectivity index (χ0) is 29.4. The minimum absolute atomic E-state index is 0.614. The van der Waals surface area contributed by atoms with Gasteiger partial charge in [0.05, 0.1) is 0 Å². The van der Waals surface area contributed by atoms with Gasteiger partial charge >= 0.3 is 0 Å². The third-order valence-corrected chi connectivity index (χ3v) is 8.90. The van der Waals surface area contributed by atoms with Crippen molar-refractivity contribution in [3.63, 3.8) is 0 Å². The van der Waals surface area contributed by atoms with Crippen molar-refractivity contribution in [1.29, 1.82) is 0 Å². The predicted octanol–water partition coefficient (Wildman–Crippen LogP) is 8.94. The van der Waals surface area contributed by atoms with Gasteiger partial charge < -0.3 is 9.64 Å². The highest BCUT2D eigenvalue weighted by Gasteiger charge is 2.24. The normalized spacial score (nSPS) is 14.4. The number of piperidine rings is 1. The number of nitrogens with zero attached hydrogens (tertiary/aromatic N) is 3. The molecule has 3 aromatic rings. The molecular weight excluding hydrogens is 514 g/mol. The van der Waals surface area contributed by atoms with Gasteiger partial charge in [0.25, 0.3) is 0 Å². The molecular formula is C38H55N3O. The SMILES string of the molecule is CCCCCCCCN(Cc1ccc(OCc2ccccc2)cc1)C1CCN(Cc2ccc(N(CC)CC)cc2)CC1. The monoisotopic (exact) mass is 569 g/mol. The molecule has 42 heavy (non-hydrogen) atoms. The average molecular weight is 570 g/mol. The second-order valence-corrected chi connectivity index (χ2v) is 12.0. The summed E-state index contributed by atoms with van der Waals surface area (Å²) in [6.45, 7) is 15.2. The molecule has 228 valence electrons. The Bertz CT molecular complexity index is 1100. The van der Waals surface area contributed by atoms with Crippen LogP contribution in [0.4, 0.5) is 5.69 Å². The lowest BCUT2D eigenvalue weighted by molar-refractivity contribution is 0.0972. The Morgan fingerprint density at radius 3 is 2.00 bits per heavy atom. The van der Waals surface area contributed by atoms with Crippen LogP contribution in [0.15, 0.2) is 78.9 Å². The van der Waals surface area contributed by atoms with Gasteiger partial charge in [0.15, 0.2) is 0 Å². The smallest absolute Gasteiger partial charge is 0.119 e. The van der Waals surface area contributed by atoms with Crippen molar-refractivity contribution >= 4 is 5.69 Å². The van der Waals surface area contributed by atoms with Crippen LogP contribution in [0.1, 0.15) is 88.8 Å². The number of hydrogen-bond donors (Lipinski definition) is 0. The molecule has 0 N–H and O–H groups in total. The molecule has 1 saturated heterocycles. The van der Waals surface area contributed by atoms with E-state index < -0.39 is 0 Å². The largest absolute Gasteiger partial charge is 0.489 e. The fourth-order valence-electron chi connectivity index (χ4n) is 6.25. The van der Waals surface area contributed by atoms with E-state index in [2.05, 4.69) is 108 Å². The molecule has 0 spiro atoms. The molecule has 1 aliphatic heterocycles. The molecule has 1 fully saturated rings. The van der Waals surface area contributed by atoms with Gasteiger partial charge in [0.2, 0.25) is 0 Å². The maximum absolute atomic E-state index is 6.05. The maximum Gasteiger partial charge on any atom is 0.119 e. The van der Waals surface area contributed by atoms with Crippen LogP contribution in [0.2, 0.25) is 0 Å². The number of unbranched alkanes of at least 4 members (excludes halogenated alkanes) is 5. The fourth-order valence-corrected chi connectivity index (χ4v) is 6.25. The summed E-state index contributed by atoms with van der Waals surface area (Å²) in [5.41, 5.74) is 5.37. The lowest BCUT2D eigenvalue weighted by Crippen LogP contribution is -2.44. The van der Waals surface area contributed by atoms with E-state index in [-0.39, 0.29) is 0 Å². The Morgan fingerprint density at radius 2 is 1.33 bits per heavy atom. The minimum Gasteiger partial charge on any atom is -0.489 e. The van der Waals surface area contributed by atoms with Gasteiger partial charge in [-0.05, 0) is 93.7 Å². The minimum atomic E-state index is 0.614. The van der Waals surface area contributed by atoms with Crippen LogP contribution in [0, 0.1) is 0 Å². The number of benzene rings is 3. The maximum atomic E-state index is 6.05. The van der Waals surface area contributed by atoms with Gasteiger partial charge in [-0.2, -0.15) is 0 Å². The van der Waals surface area contributed by atoms with Gasteiger partial charge in [-0.3, -0.25) is 9.80 Å². The quantitative estimate of drug-likeness (QED) is 0.142. The van der Waals surface area contributed by atoms with Crippen LogP contribution in [0.5, 0.6) is 5.75 Å². The zero-order valence-corrected chi connectivity index (χ0v) is 26.6. The third kappa shape index (κ3) is 10.5. The van der Waals surface area contributed by atoms with E-state index in [0.717, 1.165) is 31.9 Å². The lowest BCUT2D eigenvalue weighted by atomic mass is 10.0. The standard InChI is InChI=1S/C38H55N3O/c1-4-7-8-9-10-14-27-41(31-34-19-23-38(24-20-34)42-32-35-15-12-11-13-16-35)37-25-28-39(29-26-37)30-33-17-21-36(22-18-33)40(5-2)6-3/h11-13,15-24,37H,4-10,14,25-32H2,1-3H3. The summed E-state index contributed by atoms with van der Waals surface area (Å²) in [5.74, 6) is 0.948. The highest BCUT2D eigenvalue weighted by Crippen LogP contribution is 2.24. The van der Waals surface area contributed by atoms with Crippen molar-refractivity contribution < 1.29 is 4.74 Å². The van der Waals surface area contributed by atoms with Crippen molar-refractivity contribution in [3.05, 3.63) is 95.6 Å². The van der Waals surface area contributed by atoms with Gasteiger partial charge in [-0.25, -0.2) is 0 Å². The summed E-state index contributed by atoms with van der Waals surface area (Å²) in [6, 6.07) is 29.2. The summed E-state index contributed by atoms with van der Waals surface area (Å²) in [7, 11) is 0. The van der Waals surface area contributed by atoms with E-state index in [1.54, 1.807) is 0 Å². The van der Waals surface area contributed by atoms with Gasteiger partial charge in [0, 0.05) is 37.9 Å². The van der Waals surface area contributed by atoms with Gasteiger partial charge in [0.1, 0.15) is 12.4 Å². The van der Waals surface area contributed by atoms with Gasteiger partial charge in [-0.1, -0.05) is 93.6 Å². The molecule has 0 radical (unpaired) electrons. The average Bonchev–Trinajstić information content (AvgIpc) is 3.04. The summed E-state index contributed by atoms with van der Waals surface area (Å²) >= 11 is 0. The van der Waals surface area contributed by atoms with Crippen LogP contribution in [0.3, 0.4) is 0 Å². The Balaban J connectivity index is 1.29. The first-order chi connectivity index (χ1) is 20.7. The van der Waals surface area contributed by atoms with Crippen LogP contribution in [-0.4, -0.2) is 48.6 Å². The van der Waals surface area contributed by atoms with Gasteiger partial charge in [-0.15, -0.1) is 0 Å². The zero-order valence-electron chi connectivity index (χ0n) is 26.6. The van der Waals surface area contributed by atoms with Crippen LogP contribution < -0.4 is 9.64 Å². The van der Waals surface area contributed by atoms with E-state index >= 15 is 0 Å². The van der Waals surface area contributed by atoms with Crippen molar-refractivity contribution in [2.24, 2.45) is 0 Å². The van der Waals surface area contributed by atoms with E-state index in [1.165, 1.54) is 93.4 Å². The molecule has 4 heteroatoms. The summed E-state index contributed by atoms with van der Waals surface area (Å²) in [6.07, 6.45) is 10.6. The topological polar surface area (TPSA) is 19.0 Å². The van der Waals surface area contributed by atoms with Crippen molar-refractivity contribution in [2.45, 2.75) is 97.9 Å². The highest BCUT2D eigenvalue weighted by molar-refractivity contribution is 5.47. The van der Waals surface area contributed by atoms with Crippen LogP contribution in [-0.2, 0) is 19.7 Å². The van der Waals surface area contributed by atoms with E-state index in [1.807, 2.05) is 6.07 Å². The van der Waals surface area contributed by atoms with Crippen molar-refractivity contribution in [2.75, 3.05) is 37.6 Å². The molecule has 1 aliphatic rings. The second kappa shape index (κ2) is 18.0. The number of anilines is 1. The number of hydrogen-bond acceptors (Lipinski definition) is 4. The first-order valence-corrected chi connectivity index (χ1v) is 16.7. The first-order valence-electron chi connectivity index (χ1n) is 16.7. The highest BCUT2D eigenvalue weighted by atomic mass is 16.5. The van der Waals surface area contributed by atoms with Crippen molar-refractivity contribution in [1.82, 2.24) is 9.80 Å². The fraction of sp³-hybridized carbons (Fsp3) is 0.526. The molecule has 1 heterocycles.